The van der Waals surface area contributed by atoms with Crippen molar-refractivity contribution < 1.29 is 17.9 Å². The maximum Gasteiger partial charge on any atom is 0.263 e. The molecule has 0 bridgehead atoms. The van der Waals surface area contributed by atoms with Crippen LogP contribution in [0.3, 0.4) is 0 Å². The number of anilines is 2. The molecule has 3 aromatic rings. The molecule has 0 spiro atoms. The summed E-state index contributed by atoms with van der Waals surface area (Å²) in [5, 5.41) is 2.74. The first kappa shape index (κ1) is 20.3. The molecule has 3 rings (SSSR count). The molecule has 1 aromatic heterocycles. The number of hydrogen-bond acceptors (Lipinski definition) is 5. The van der Waals surface area contributed by atoms with Crippen LogP contribution in [-0.2, 0) is 10.0 Å². The molecule has 2 N–H and O–H groups in total. The van der Waals surface area contributed by atoms with Gasteiger partial charge in [0.05, 0.1) is 11.5 Å². The Morgan fingerprint density at radius 3 is 2.34 bits per heavy atom. The summed E-state index contributed by atoms with van der Waals surface area (Å²) in [6.45, 7) is 2.64. The SMILES string of the molecule is CCCOc1ccc(C(=O)Nc2ccc(S(=O)(=O)Nc3ccccn3)cc2)cc1. The summed E-state index contributed by atoms with van der Waals surface area (Å²) in [5.41, 5.74) is 0.959. The van der Waals surface area contributed by atoms with Gasteiger partial charge in [0, 0.05) is 17.4 Å². The molecular weight excluding hydrogens is 390 g/mol. The Morgan fingerprint density at radius 2 is 1.72 bits per heavy atom. The topological polar surface area (TPSA) is 97.4 Å². The van der Waals surface area contributed by atoms with Crippen LogP contribution in [0.2, 0.25) is 0 Å². The highest BCUT2D eigenvalue weighted by Crippen LogP contribution is 2.18. The normalized spacial score (nSPS) is 10.9. The van der Waals surface area contributed by atoms with Crippen LogP contribution in [0.25, 0.3) is 0 Å². The molecule has 0 atom stereocenters. The monoisotopic (exact) mass is 411 g/mol. The Bertz CT molecular complexity index is 1050. The van der Waals surface area contributed by atoms with Gasteiger partial charge in [0.2, 0.25) is 0 Å². The van der Waals surface area contributed by atoms with Crippen molar-refractivity contribution >= 4 is 27.4 Å². The summed E-state index contributed by atoms with van der Waals surface area (Å²) in [6, 6.07) is 17.7. The number of nitrogens with zero attached hydrogens (tertiary/aromatic N) is 1. The first-order valence-corrected chi connectivity index (χ1v) is 10.5. The van der Waals surface area contributed by atoms with E-state index in [-0.39, 0.29) is 16.6 Å². The number of rotatable bonds is 8. The molecule has 0 fully saturated rings. The van der Waals surface area contributed by atoms with Crippen molar-refractivity contribution in [2.75, 3.05) is 16.6 Å². The predicted molar refractivity (Wildman–Crippen MR) is 112 cm³/mol. The van der Waals surface area contributed by atoms with Gasteiger partial charge in [0.15, 0.2) is 0 Å². The number of carbonyl (C=O) groups excluding carboxylic acids is 1. The lowest BCUT2D eigenvalue weighted by molar-refractivity contribution is 0.102. The Morgan fingerprint density at radius 1 is 1.00 bits per heavy atom. The third-order valence-corrected chi connectivity index (χ3v) is 5.29. The highest BCUT2D eigenvalue weighted by molar-refractivity contribution is 7.92. The van der Waals surface area contributed by atoms with Gasteiger partial charge in [-0.3, -0.25) is 9.52 Å². The van der Waals surface area contributed by atoms with Gasteiger partial charge >= 0.3 is 0 Å². The van der Waals surface area contributed by atoms with E-state index < -0.39 is 10.0 Å². The smallest absolute Gasteiger partial charge is 0.263 e. The van der Waals surface area contributed by atoms with Crippen molar-refractivity contribution in [3.05, 3.63) is 78.5 Å². The van der Waals surface area contributed by atoms with Crippen molar-refractivity contribution in [2.24, 2.45) is 0 Å². The molecule has 7 nitrogen and oxygen atoms in total. The van der Waals surface area contributed by atoms with E-state index in [0.717, 1.165) is 6.42 Å². The van der Waals surface area contributed by atoms with E-state index in [1.54, 1.807) is 42.5 Å². The Hall–Kier alpha value is -3.39. The lowest BCUT2D eigenvalue weighted by Crippen LogP contribution is -2.14. The minimum Gasteiger partial charge on any atom is -0.494 e. The fraction of sp³-hybridized carbons (Fsp3) is 0.143. The molecule has 0 aliphatic rings. The molecule has 0 aliphatic carbocycles. The molecule has 1 amide bonds. The van der Waals surface area contributed by atoms with E-state index in [1.807, 2.05) is 6.92 Å². The number of aromatic nitrogens is 1. The molecule has 0 saturated carbocycles. The zero-order valence-electron chi connectivity index (χ0n) is 15.8. The van der Waals surface area contributed by atoms with Crippen LogP contribution in [0.15, 0.2) is 77.8 Å². The number of sulfonamides is 1. The van der Waals surface area contributed by atoms with Crippen LogP contribution >= 0.6 is 0 Å². The van der Waals surface area contributed by atoms with Crippen LogP contribution in [0, 0.1) is 0 Å². The summed E-state index contributed by atoms with van der Waals surface area (Å²) in [4.78, 5) is 16.4. The molecule has 0 aliphatic heterocycles. The average Bonchev–Trinajstić information content (AvgIpc) is 2.73. The number of nitrogens with one attached hydrogen (secondary N) is 2. The quantitative estimate of drug-likeness (QED) is 0.585. The van der Waals surface area contributed by atoms with Crippen LogP contribution in [0.4, 0.5) is 11.5 Å². The summed E-state index contributed by atoms with van der Waals surface area (Å²) in [6.07, 6.45) is 2.41. The Labute approximate surface area is 169 Å². The average molecular weight is 411 g/mol. The van der Waals surface area contributed by atoms with Crippen LogP contribution in [0.5, 0.6) is 5.75 Å². The van der Waals surface area contributed by atoms with Crippen molar-refractivity contribution in [3.63, 3.8) is 0 Å². The Kier molecular flexibility index (Phi) is 6.46. The zero-order chi connectivity index (χ0) is 20.7. The molecule has 1 heterocycles. The molecule has 29 heavy (non-hydrogen) atoms. The van der Waals surface area contributed by atoms with Gasteiger partial charge < -0.3 is 10.1 Å². The second-order valence-electron chi connectivity index (χ2n) is 6.17. The van der Waals surface area contributed by atoms with Crippen LogP contribution in [0.1, 0.15) is 23.7 Å². The zero-order valence-corrected chi connectivity index (χ0v) is 16.6. The fourth-order valence-corrected chi connectivity index (χ4v) is 3.47. The summed E-state index contributed by atoms with van der Waals surface area (Å²) >= 11 is 0. The van der Waals surface area contributed by atoms with Crippen LogP contribution < -0.4 is 14.8 Å². The number of ether oxygens (including phenoxy) is 1. The van der Waals surface area contributed by atoms with Gasteiger partial charge in [-0.15, -0.1) is 0 Å². The third-order valence-electron chi connectivity index (χ3n) is 3.92. The number of carbonyl (C=O) groups is 1. The van der Waals surface area contributed by atoms with Crippen molar-refractivity contribution in [2.45, 2.75) is 18.2 Å². The predicted octanol–water partition coefficient (Wildman–Crippen LogP) is 3.92. The highest BCUT2D eigenvalue weighted by Gasteiger charge is 2.15. The number of amides is 1. The van der Waals surface area contributed by atoms with E-state index >= 15 is 0 Å². The largest absolute Gasteiger partial charge is 0.494 e. The molecule has 150 valence electrons. The second kappa shape index (κ2) is 9.20. The molecule has 8 heteroatoms. The van der Waals surface area contributed by atoms with E-state index in [1.165, 1.54) is 30.5 Å². The summed E-state index contributed by atoms with van der Waals surface area (Å²) in [7, 11) is -3.76. The standard InChI is InChI=1S/C21H21N3O4S/c1-2-15-28-18-10-6-16(7-11-18)21(25)23-17-8-12-19(13-9-17)29(26,27)24-20-5-3-4-14-22-20/h3-14H,2,15H2,1H3,(H,22,24)(H,23,25). The summed E-state index contributed by atoms with van der Waals surface area (Å²) < 4.78 is 32.7. The number of pyridine rings is 1. The first-order chi connectivity index (χ1) is 14.0. The highest BCUT2D eigenvalue weighted by atomic mass is 32.2. The number of benzene rings is 2. The molecule has 0 saturated heterocycles. The van der Waals surface area contributed by atoms with E-state index in [9.17, 15) is 13.2 Å². The molecular formula is C21H21N3O4S. The van der Waals surface area contributed by atoms with E-state index in [2.05, 4.69) is 15.0 Å². The van der Waals surface area contributed by atoms with Crippen molar-refractivity contribution in [3.8, 4) is 5.75 Å². The fourth-order valence-electron chi connectivity index (χ4n) is 2.46. The molecule has 2 aromatic carbocycles. The maximum atomic E-state index is 12.4. The third kappa shape index (κ3) is 5.55. The first-order valence-electron chi connectivity index (χ1n) is 9.06. The maximum absolute atomic E-state index is 12.4. The number of hydrogen-bond donors (Lipinski definition) is 2. The van der Waals surface area contributed by atoms with E-state index in [4.69, 9.17) is 4.74 Å². The van der Waals surface area contributed by atoms with Gasteiger partial charge in [-0.25, -0.2) is 13.4 Å². The van der Waals surface area contributed by atoms with Gasteiger partial charge in [0.25, 0.3) is 15.9 Å². The lowest BCUT2D eigenvalue weighted by atomic mass is 10.2. The van der Waals surface area contributed by atoms with Gasteiger partial charge in [-0.1, -0.05) is 13.0 Å². The van der Waals surface area contributed by atoms with Crippen molar-refractivity contribution in [1.82, 2.24) is 4.98 Å². The second-order valence-corrected chi connectivity index (χ2v) is 7.85. The lowest BCUT2D eigenvalue weighted by Gasteiger charge is -2.09. The van der Waals surface area contributed by atoms with Gasteiger partial charge in [0.1, 0.15) is 11.6 Å². The minimum atomic E-state index is -3.76. The van der Waals surface area contributed by atoms with Crippen LogP contribution in [-0.4, -0.2) is 25.9 Å². The van der Waals surface area contributed by atoms with E-state index in [0.29, 0.717) is 23.6 Å². The minimum absolute atomic E-state index is 0.0681. The molecule has 0 radical (unpaired) electrons. The van der Waals surface area contributed by atoms with Gasteiger partial charge in [-0.2, -0.15) is 0 Å². The molecule has 0 unspecified atom stereocenters. The summed E-state index contributed by atoms with van der Waals surface area (Å²) in [5.74, 6) is 0.642. The Balaban J connectivity index is 1.64. The van der Waals surface area contributed by atoms with Gasteiger partial charge in [-0.05, 0) is 67.1 Å². The van der Waals surface area contributed by atoms with Crippen molar-refractivity contribution in [1.29, 1.82) is 0 Å².